The molecule has 2 heteroatoms. The van der Waals surface area contributed by atoms with E-state index in [2.05, 4.69) is 51.1 Å². The van der Waals surface area contributed by atoms with Crippen molar-refractivity contribution < 1.29 is 5.48 Å². The van der Waals surface area contributed by atoms with E-state index in [0.717, 1.165) is 6.42 Å². The van der Waals surface area contributed by atoms with Crippen LogP contribution in [0, 0.1) is 0 Å². The van der Waals surface area contributed by atoms with Crippen molar-refractivity contribution >= 4 is 0 Å². The molecule has 0 heterocycles. The van der Waals surface area contributed by atoms with Gasteiger partial charge in [0.25, 0.3) is 0 Å². The van der Waals surface area contributed by atoms with Gasteiger partial charge in [0.15, 0.2) is 0 Å². The lowest BCUT2D eigenvalue weighted by atomic mass is 9.76. The van der Waals surface area contributed by atoms with Gasteiger partial charge in [-0.2, -0.15) is 0 Å². The maximum atomic E-state index is 6.55. The standard InChI is InChI=1S/C29H53N.H2O/c1-4-5-6-7-8-9-10-11-12-13-14-15-16-17-18-19-23-26-28(30)29(2,3)27-24-21-20-22-25-27;/h20-22,24-25,28H,4-19,23,26,30H2,1-3H3;1H2. The van der Waals surface area contributed by atoms with Gasteiger partial charge in [-0.3, -0.25) is 0 Å². The summed E-state index contributed by atoms with van der Waals surface area (Å²) in [5.74, 6) is 0. The van der Waals surface area contributed by atoms with Gasteiger partial charge < -0.3 is 11.2 Å². The lowest BCUT2D eigenvalue weighted by molar-refractivity contribution is 0.375. The van der Waals surface area contributed by atoms with Gasteiger partial charge in [0.05, 0.1) is 0 Å². The molecule has 1 rings (SSSR count). The van der Waals surface area contributed by atoms with Crippen molar-refractivity contribution in [1.82, 2.24) is 0 Å². The molecular weight excluding hydrogens is 378 g/mol. The van der Waals surface area contributed by atoms with Crippen molar-refractivity contribution in [2.24, 2.45) is 5.73 Å². The summed E-state index contributed by atoms with van der Waals surface area (Å²) in [4.78, 5) is 0. The van der Waals surface area contributed by atoms with E-state index < -0.39 is 0 Å². The third kappa shape index (κ3) is 14.8. The van der Waals surface area contributed by atoms with E-state index in [1.165, 1.54) is 115 Å². The lowest BCUT2D eigenvalue weighted by Gasteiger charge is -2.32. The molecule has 4 N–H and O–H groups in total. The van der Waals surface area contributed by atoms with E-state index in [1.54, 1.807) is 0 Å². The summed E-state index contributed by atoms with van der Waals surface area (Å²) in [5, 5.41) is 0. The zero-order valence-electron chi connectivity index (χ0n) is 21.3. The molecule has 31 heavy (non-hydrogen) atoms. The van der Waals surface area contributed by atoms with Gasteiger partial charge in [-0.15, -0.1) is 0 Å². The maximum absolute atomic E-state index is 6.55. The molecule has 0 aliphatic heterocycles. The van der Waals surface area contributed by atoms with E-state index in [1.807, 2.05) is 0 Å². The second kappa shape index (κ2) is 19.8. The molecule has 182 valence electrons. The molecule has 0 aromatic heterocycles. The Hall–Kier alpha value is -0.860. The van der Waals surface area contributed by atoms with Crippen LogP contribution in [-0.4, -0.2) is 11.5 Å². The van der Waals surface area contributed by atoms with Crippen LogP contribution in [0.15, 0.2) is 30.3 Å². The molecule has 0 aliphatic carbocycles. The van der Waals surface area contributed by atoms with Gasteiger partial charge in [-0.1, -0.05) is 160 Å². The fraction of sp³-hybridized carbons (Fsp3) is 0.793. The van der Waals surface area contributed by atoms with Crippen LogP contribution in [-0.2, 0) is 5.41 Å². The van der Waals surface area contributed by atoms with Crippen molar-refractivity contribution in [2.45, 2.75) is 148 Å². The van der Waals surface area contributed by atoms with Crippen LogP contribution >= 0.6 is 0 Å². The minimum absolute atomic E-state index is 0. The van der Waals surface area contributed by atoms with Gasteiger partial charge in [-0.25, -0.2) is 0 Å². The molecule has 0 radical (unpaired) electrons. The topological polar surface area (TPSA) is 57.5 Å². The third-order valence-electron chi connectivity index (χ3n) is 7.06. The van der Waals surface area contributed by atoms with Crippen molar-refractivity contribution in [2.75, 3.05) is 0 Å². The Balaban J connectivity index is 0.00000900. The molecule has 0 saturated carbocycles. The van der Waals surface area contributed by atoms with E-state index >= 15 is 0 Å². The molecule has 1 atom stereocenters. The van der Waals surface area contributed by atoms with Crippen molar-refractivity contribution in [3.05, 3.63) is 35.9 Å². The lowest BCUT2D eigenvalue weighted by Crippen LogP contribution is -2.40. The Labute approximate surface area is 195 Å². The number of benzene rings is 1. The summed E-state index contributed by atoms with van der Waals surface area (Å²) >= 11 is 0. The molecule has 0 spiro atoms. The second-order valence-corrected chi connectivity index (χ2v) is 10.1. The van der Waals surface area contributed by atoms with Crippen molar-refractivity contribution in [1.29, 1.82) is 0 Å². The van der Waals surface area contributed by atoms with Gasteiger partial charge in [0, 0.05) is 11.5 Å². The average Bonchev–Trinajstić information content (AvgIpc) is 2.76. The first-order valence-electron chi connectivity index (χ1n) is 13.4. The first-order chi connectivity index (χ1) is 14.6. The van der Waals surface area contributed by atoms with Crippen LogP contribution in [0.1, 0.15) is 142 Å². The summed E-state index contributed by atoms with van der Waals surface area (Å²) in [6, 6.07) is 11.0. The van der Waals surface area contributed by atoms with Crippen molar-refractivity contribution in [3.63, 3.8) is 0 Å². The normalized spacial score (nSPS) is 12.5. The first kappa shape index (κ1) is 30.1. The molecule has 1 unspecified atom stereocenters. The Morgan fingerprint density at radius 3 is 1.35 bits per heavy atom. The highest BCUT2D eigenvalue weighted by molar-refractivity contribution is 5.25. The van der Waals surface area contributed by atoms with E-state index in [4.69, 9.17) is 5.73 Å². The van der Waals surface area contributed by atoms with E-state index in [0.29, 0.717) is 0 Å². The van der Waals surface area contributed by atoms with E-state index in [-0.39, 0.29) is 16.9 Å². The monoisotopic (exact) mass is 433 g/mol. The largest absolute Gasteiger partial charge is 0.412 e. The number of hydrogen-bond donors (Lipinski definition) is 1. The van der Waals surface area contributed by atoms with Gasteiger partial charge in [0.1, 0.15) is 0 Å². The summed E-state index contributed by atoms with van der Waals surface area (Å²) < 4.78 is 0. The van der Waals surface area contributed by atoms with Crippen LogP contribution in [0.5, 0.6) is 0 Å². The average molecular weight is 434 g/mol. The van der Waals surface area contributed by atoms with Crippen LogP contribution in [0.3, 0.4) is 0 Å². The Bertz CT molecular complexity index is 485. The fourth-order valence-electron chi connectivity index (χ4n) is 4.53. The summed E-state index contributed by atoms with van der Waals surface area (Å²) in [6.45, 7) is 6.88. The maximum Gasteiger partial charge on any atom is 0.0131 e. The van der Waals surface area contributed by atoms with Crippen LogP contribution in [0.25, 0.3) is 0 Å². The van der Waals surface area contributed by atoms with Gasteiger partial charge >= 0.3 is 0 Å². The molecular formula is C29H55NO. The Morgan fingerprint density at radius 1 is 0.613 bits per heavy atom. The number of hydrogen-bond acceptors (Lipinski definition) is 1. The van der Waals surface area contributed by atoms with E-state index in [9.17, 15) is 0 Å². The zero-order valence-corrected chi connectivity index (χ0v) is 21.3. The minimum atomic E-state index is 0. The predicted octanol–water partition coefficient (Wildman–Crippen LogP) is 8.51. The predicted molar refractivity (Wildman–Crippen MR) is 140 cm³/mol. The zero-order chi connectivity index (χ0) is 21.9. The Morgan fingerprint density at radius 2 is 0.968 bits per heavy atom. The quantitative estimate of drug-likeness (QED) is 0.206. The SMILES string of the molecule is CCCCCCCCCCCCCCCCCCCC(N)C(C)(C)c1ccccc1.O. The smallest absolute Gasteiger partial charge is 0.0131 e. The third-order valence-corrected chi connectivity index (χ3v) is 7.06. The number of nitrogens with two attached hydrogens (primary N) is 1. The molecule has 1 aromatic rings. The van der Waals surface area contributed by atoms with Crippen molar-refractivity contribution in [3.8, 4) is 0 Å². The highest BCUT2D eigenvalue weighted by Crippen LogP contribution is 2.28. The highest BCUT2D eigenvalue weighted by Gasteiger charge is 2.27. The molecule has 2 nitrogen and oxygen atoms in total. The van der Waals surface area contributed by atoms with Crippen LogP contribution < -0.4 is 5.73 Å². The summed E-state index contributed by atoms with van der Waals surface area (Å²) in [5.41, 5.74) is 7.98. The summed E-state index contributed by atoms with van der Waals surface area (Å²) in [6.07, 6.45) is 25.4. The highest BCUT2D eigenvalue weighted by atomic mass is 16.0. The first-order valence-corrected chi connectivity index (χ1v) is 13.4. The van der Waals surface area contributed by atoms with Crippen LogP contribution in [0.2, 0.25) is 0 Å². The molecule has 0 saturated heterocycles. The van der Waals surface area contributed by atoms with Gasteiger partial charge in [-0.05, 0) is 12.0 Å². The number of unbranched alkanes of at least 4 members (excludes halogenated alkanes) is 16. The minimum Gasteiger partial charge on any atom is -0.412 e. The second-order valence-electron chi connectivity index (χ2n) is 10.1. The molecule has 1 aromatic carbocycles. The van der Waals surface area contributed by atoms with Gasteiger partial charge in [0.2, 0.25) is 0 Å². The van der Waals surface area contributed by atoms with Crippen LogP contribution in [0.4, 0.5) is 0 Å². The number of rotatable bonds is 20. The Kier molecular flexibility index (Phi) is 19.2. The molecule has 0 aliphatic rings. The fourth-order valence-corrected chi connectivity index (χ4v) is 4.53. The molecule has 0 amide bonds. The molecule has 0 fully saturated rings. The molecule has 0 bridgehead atoms. The summed E-state index contributed by atoms with van der Waals surface area (Å²) in [7, 11) is 0.